The van der Waals surface area contributed by atoms with Crippen molar-refractivity contribution < 1.29 is 0 Å². The molecule has 1 aromatic rings. The summed E-state index contributed by atoms with van der Waals surface area (Å²) in [6, 6.07) is 0. The highest BCUT2D eigenvalue weighted by Gasteiger charge is 2.35. The number of aryl methyl sites for hydroxylation is 2. The van der Waals surface area contributed by atoms with Crippen LogP contribution in [0.4, 0.5) is 0 Å². The van der Waals surface area contributed by atoms with Gasteiger partial charge in [-0.25, -0.2) is 4.98 Å². The summed E-state index contributed by atoms with van der Waals surface area (Å²) < 4.78 is 0. The van der Waals surface area contributed by atoms with Crippen LogP contribution in [0.25, 0.3) is 0 Å². The molecule has 2 rings (SSSR count). The number of hydrogen-bond donors (Lipinski definition) is 1. The third kappa shape index (κ3) is 2.77. The summed E-state index contributed by atoms with van der Waals surface area (Å²) in [5.41, 5.74) is 7.80. The summed E-state index contributed by atoms with van der Waals surface area (Å²) in [6.07, 6.45) is 8.09. The van der Waals surface area contributed by atoms with E-state index in [-0.39, 0.29) is 5.54 Å². The van der Waals surface area contributed by atoms with Gasteiger partial charge in [0.15, 0.2) is 0 Å². The second kappa shape index (κ2) is 5.70. The predicted molar refractivity (Wildman–Crippen MR) is 79.0 cm³/mol. The highest BCUT2D eigenvalue weighted by Crippen LogP contribution is 2.40. The van der Waals surface area contributed by atoms with Crippen molar-refractivity contribution in [2.24, 2.45) is 11.7 Å². The Morgan fingerprint density at radius 3 is 2.56 bits per heavy atom. The zero-order chi connectivity index (χ0) is 13.2. The normalized spacial score (nSPS) is 28.6. The van der Waals surface area contributed by atoms with Gasteiger partial charge in [0.25, 0.3) is 0 Å². The van der Waals surface area contributed by atoms with Crippen molar-refractivity contribution in [1.82, 2.24) is 4.98 Å². The summed E-state index contributed by atoms with van der Waals surface area (Å²) in [4.78, 5) is 6.34. The van der Waals surface area contributed by atoms with Crippen LogP contribution in [0.15, 0.2) is 0 Å². The molecule has 1 saturated carbocycles. The van der Waals surface area contributed by atoms with E-state index < -0.39 is 0 Å². The van der Waals surface area contributed by atoms with Crippen LogP contribution >= 0.6 is 11.3 Å². The van der Waals surface area contributed by atoms with Crippen LogP contribution in [0.5, 0.6) is 0 Å². The van der Waals surface area contributed by atoms with Gasteiger partial charge in [0.2, 0.25) is 0 Å². The maximum Gasteiger partial charge on any atom is 0.113 e. The second-order valence-electron chi connectivity index (χ2n) is 5.83. The molecule has 1 aliphatic rings. The molecule has 2 N–H and O–H groups in total. The Labute approximate surface area is 115 Å². The fraction of sp³-hybridized carbons (Fsp3) is 0.800. The summed E-state index contributed by atoms with van der Waals surface area (Å²) in [5.74, 6) is 0.836. The van der Waals surface area contributed by atoms with Gasteiger partial charge in [0.1, 0.15) is 5.01 Å². The van der Waals surface area contributed by atoms with Gasteiger partial charge in [-0.2, -0.15) is 0 Å². The zero-order valence-electron chi connectivity index (χ0n) is 12.0. The molecule has 0 amide bonds. The fourth-order valence-electron chi connectivity index (χ4n) is 2.80. The molecule has 1 aromatic heterocycles. The number of nitrogens with two attached hydrogens (primary N) is 1. The minimum Gasteiger partial charge on any atom is -0.319 e. The molecule has 0 atom stereocenters. The molecule has 3 heteroatoms. The number of aromatic nitrogens is 1. The van der Waals surface area contributed by atoms with Crippen LogP contribution in [-0.4, -0.2) is 4.98 Å². The van der Waals surface area contributed by atoms with E-state index in [0.29, 0.717) is 0 Å². The van der Waals surface area contributed by atoms with Crippen LogP contribution in [0.1, 0.15) is 68.5 Å². The number of hydrogen-bond acceptors (Lipinski definition) is 3. The number of rotatable bonds is 4. The molecular formula is C15H26N2S. The van der Waals surface area contributed by atoms with Crippen molar-refractivity contribution >= 4 is 11.3 Å². The van der Waals surface area contributed by atoms with Crippen LogP contribution in [0.2, 0.25) is 0 Å². The Hall–Kier alpha value is -0.410. The van der Waals surface area contributed by atoms with E-state index in [1.54, 1.807) is 0 Å². The number of nitrogens with zero attached hydrogens (tertiary/aromatic N) is 1. The topological polar surface area (TPSA) is 38.9 Å². The van der Waals surface area contributed by atoms with Crippen LogP contribution in [-0.2, 0) is 18.4 Å². The molecule has 0 spiro atoms. The smallest absolute Gasteiger partial charge is 0.113 e. The molecule has 1 aliphatic carbocycles. The van der Waals surface area contributed by atoms with Gasteiger partial charge in [-0.05, 0) is 44.4 Å². The van der Waals surface area contributed by atoms with Gasteiger partial charge in [-0.3, -0.25) is 0 Å². The Balaban J connectivity index is 2.22. The van der Waals surface area contributed by atoms with E-state index in [2.05, 4.69) is 20.8 Å². The zero-order valence-corrected chi connectivity index (χ0v) is 12.8. The molecule has 0 unspecified atom stereocenters. The second-order valence-corrected chi connectivity index (χ2v) is 6.91. The van der Waals surface area contributed by atoms with Crippen molar-refractivity contribution in [3.8, 4) is 0 Å². The molecule has 102 valence electrons. The molecule has 0 bridgehead atoms. The van der Waals surface area contributed by atoms with Crippen LogP contribution in [0.3, 0.4) is 0 Å². The molecule has 0 radical (unpaired) electrons. The first-order valence-electron chi connectivity index (χ1n) is 7.37. The van der Waals surface area contributed by atoms with Crippen molar-refractivity contribution in [2.45, 2.75) is 71.3 Å². The minimum atomic E-state index is -0.132. The minimum absolute atomic E-state index is 0.132. The summed E-state index contributed by atoms with van der Waals surface area (Å²) in [7, 11) is 0. The summed E-state index contributed by atoms with van der Waals surface area (Å²) in [5, 5.41) is 1.20. The van der Waals surface area contributed by atoms with Crippen molar-refractivity contribution in [3.05, 3.63) is 15.6 Å². The van der Waals surface area contributed by atoms with E-state index in [1.807, 2.05) is 11.3 Å². The van der Waals surface area contributed by atoms with Gasteiger partial charge in [0, 0.05) is 4.88 Å². The Kier molecular flexibility index (Phi) is 4.44. The summed E-state index contributed by atoms with van der Waals surface area (Å²) >= 11 is 1.87. The largest absolute Gasteiger partial charge is 0.319 e. The molecule has 0 aliphatic heterocycles. The van der Waals surface area contributed by atoms with Gasteiger partial charge in [-0.15, -0.1) is 11.3 Å². The van der Waals surface area contributed by atoms with Gasteiger partial charge in [-0.1, -0.05) is 27.2 Å². The van der Waals surface area contributed by atoms with E-state index in [0.717, 1.165) is 31.6 Å². The lowest BCUT2D eigenvalue weighted by Crippen LogP contribution is -2.40. The molecule has 2 nitrogen and oxygen atoms in total. The Morgan fingerprint density at radius 1 is 1.33 bits per heavy atom. The maximum atomic E-state index is 6.62. The third-order valence-electron chi connectivity index (χ3n) is 4.18. The van der Waals surface area contributed by atoms with Crippen LogP contribution < -0.4 is 5.73 Å². The molecular weight excluding hydrogens is 240 g/mol. The third-order valence-corrected chi connectivity index (χ3v) is 5.64. The number of thiazole rings is 1. The van der Waals surface area contributed by atoms with E-state index in [4.69, 9.17) is 10.7 Å². The van der Waals surface area contributed by atoms with Gasteiger partial charge < -0.3 is 5.73 Å². The van der Waals surface area contributed by atoms with Gasteiger partial charge in [0.05, 0.1) is 11.2 Å². The van der Waals surface area contributed by atoms with Crippen molar-refractivity contribution in [3.63, 3.8) is 0 Å². The predicted octanol–water partition coefficient (Wildman–Crippen LogP) is 4.02. The lowest BCUT2D eigenvalue weighted by molar-refractivity contribution is 0.247. The first kappa shape index (κ1) is 14.0. The van der Waals surface area contributed by atoms with Crippen molar-refractivity contribution in [1.29, 1.82) is 0 Å². The SMILES string of the molecule is CCCc1nc(C2(N)CCC(C)CC2)sc1CC. The standard InChI is InChI=1S/C15H26N2S/c1-4-6-12-13(5-2)18-14(17-12)15(16)9-7-11(3)8-10-15/h11H,4-10,16H2,1-3H3. The lowest BCUT2D eigenvalue weighted by atomic mass is 9.78. The fourth-order valence-corrected chi connectivity index (χ4v) is 4.00. The van der Waals surface area contributed by atoms with Crippen molar-refractivity contribution in [2.75, 3.05) is 0 Å². The van der Waals surface area contributed by atoms with E-state index >= 15 is 0 Å². The molecule has 1 heterocycles. The molecule has 1 fully saturated rings. The highest BCUT2D eigenvalue weighted by atomic mass is 32.1. The first-order chi connectivity index (χ1) is 8.59. The van der Waals surface area contributed by atoms with E-state index in [1.165, 1.54) is 34.8 Å². The molecule has 18 heavy (non-hydrogen) atoms. The summed E-state index contributed by atoms with van der Waals surface area (Å²) in [6.45, 7) is 6.78. The monoisotopic (exact) mass is 266 g/mol. The van der Waals surface area contributed by atoms with E-state index in [9.17, 15) is 0 Å². The highest BCUT2D eigenvalue weighted by molar-refractivity contribution is 7.11. The average Bonchev–Trinajstić information content (AvgIpc) is 2.78. The average molecular weight is 266 g/mol. The lowest BCUT2D eigenvalue weighted by Gasteiger charge is -2.34. The van der Waals surface area contributed by atoms with Gasteiger partial charge >= 0.3 is 0 Å². The molecule has 0 saturated heterocycles. The Bertz CT molecular complexity index is 389. The first-order valence-corrected chi connectivity index (χ1v) is 8.18. The molecule has 0 aromatic carbocycles. The van der Waals surface area contributed by atoms with Crippen LogP contribution in [0, 0.1) is 5.92 Å². The Morgan fingerprint density at radius 2 is 2.00 bits per heavy atom. The maximum absolute atomic E-state index is 6.62. The quantitative estimate of drug-likeness (QED) is 0.894.